The second kappa shape index (κ2) is 9.44. The first-order chi connectivity index (χ1) is 13.6. The third-order valence-electron chi connectivity index (χ3n) is 4.80. The van der Waals surface area contributed by atoms with Crippen LogP contribution in [0.5, 0.6) is 11.5 Å². The fraction of sp³-hybridized carbons (Fsp3) is 0.409. The zero-order valence-corrected chi connectivity index (χ0v) is 16.7. The smallest absolute Gasteiger partial charge is 0.191 e. The molecule has 1 aliphatic carbocycles. The van der Waals surface area contributed by atoms with Gasteiger partial charge in [0.25, 0.3) is 0 Å². The zero-order chi connectivity index (χ0) is 19.9. The van der Waals surface area contributed by atoms with Crippen LogP contribution in [0, 0.1) is 11.7 Å². The molecule has 0 aliphatic heterocycles. The average molecular weight is 385 g/mol. The van der Waals surface area contributed by atoms with Crippen LogP contribution in [0.25, 0.3) is 0 Å². The number of ether oxygens (including phenoxy) is 2. The molecule has 2 aromatic rings. The van der Waals surface area contributed by atoms with Crippen molar-refractivity contribution in [3.05, 3.63) is 59.4 Å². The molecule has 0 saturated heterocycles. The summed E-state index contributed by atoms with van der Waals surface area (Å²) in [7, 11) is 3.36. The van der Waals surface area contributed by atoms with Crippen molar-refractivity contribution in [1.29, 1.82) is 0 Å². The molecule has 150 valence electrons. The molecular formula is C22H28FN3O2. The number of nitrogens with zero attached hydrogens (tertiary/aromatic N) is 1. The van der Waals surface area contributed by atoms with Crippen molar-refractivity contribution in [2.24, 2.45) is 10.9 Å². The van der Waals surface area contributed by atoms with Gasteiger partial charge in [-0.2, -0.15) is 0 Å². The van der Waals surface area contributed by atoms with Gasteiger partial charge in [0.2, 0.25) is 0 Å². The maximum Gasteiger partial charge on any atom is 0.191 e. The molecule has 0 heterocycles. The molecule has 0 amide bonds. The third kappa shape index (κ3) is 5.62. The lowest BCUT2D eigenvalue weighted by atomic mass is 10.1. The van der Waals surface area contributed by atoms with Crippen LogP contribution < -0.4 is 20.1 Å². The Balaban J connectivity index is 1.55. The molecule has 1 atom stereocenters. The predicted molar refractivity (Wildman–Crippen MR) is 109 cm³/mol. The molecule has 28 heavy (non-hydrogen) atoms. The summed E-state index contributed by atoms with van der Waals surface area (Å²) in [6, 6.07) is 12.9. The summed E-state index contributed by atoms with van der Waals surface area (Å²) in [5.41, 5.74) is 1.92. The SMILES string of the molecule is CN=C(NCc1cccc(OC)c1)NC(C)c1ccc(OCC2CC2)c(F)c1. The number of hydrogen-bond acceptors (Lipinski definition) is 3. The minimum Gasteiger partial charge on any atom is -0.497 e. The van der Waals surface area contributed by atoms with Crippen LogP contribution in [0.3, 0.4) is 0 Å². The van der Waals surface area contributed by atoms with Crippen LogP contribution in [0.15, 0.2) is 47.5 Å². The van der Waals surface area contributed by atoms with E-state index in [-0.39, 0.29) is 11.9 Å². The highest BCUT2D eigenvalue weighted by Crippen LogP contribution is 2.30. The van der Waals surface area contributed by atoms with Crippen molar-refractivity contribution >= 4 is 5.96 Å². The van der Waals surface area contributed by atoms with Crippen molar-refractivity contribution in [1.82, 2.24) is 10.6 Å². The maximum absolute atomic E-state index is 14.3. The number of halogens is 1. The molecule has 2 N–H and O–H groups in total. The van der Waals surface area contributed by atoms with Gasteiger partial charge in [-0.3, -0.25) is 4.99 Å². The number of guanidine groups is 1. The first-order valence-corrected chi connectivity index (χ1v) is 9.61. The molecule has 6 heteroatoms. The van der Waals surface area contributed by atoms with E-state index < -0.39 is 0 Å². The normalized spacial score (nSPS) is 15.1. The first-order valence-electron chi connectivity index (χ1n) is 9.61. The van der Waals surface area contributed by atoms with Crippen molar-refractivity contribution < 1.29 is 13.9 Å². The van der Waals surface area contributed by atoms with Gasteiger partial charge in [-0.05, 0) is 61.1 Å². The maximum atomic E-state index is 14.3. The summed E-state index contributed by atoms with van der Waals surface area (Å²) in [6.45, 7) is 3.18. The van der Waals surface area contributed by atoms with Gasteiger partial charge in [0.05, 0.1) is 19.8 Å². The molecule has 1 aliphatic rings. The monoisotopic (exact) mass is 385 g/mol. The van der Waals surface area contributed by atoms with Gasteiger partial charge >= 0.3 is 0 Å². The Hall–Kier alpha value is -2.76. The van der Waals surface area contributed by atoms with Crippen molar-refractivity contribution in [3.8, 4) is 11.5 Å². The number of nitrogens with one attached hydrogen (secondary N) is 2. The molecule has 1 fully saturated rings. The van der Waals surface area contributed by atoms with Crippen LogP contribution in [-0.4, -0.2) is 26.7 Å². The highest BCUT2D eigenvalue weighted by atomic mass is 19.1. The second-order valence-corrected chi connectivity index (χ2v) is 7.09. The quantitative estimate of drug-likeness (QED) is 0.532. The molecule has 0 radical (unpaired) electrons. The average Bonchev–Trinajstić information content (AvgIpc) is 3.54. The molecule has 1 saturated carbocycles. The van der Waals surface area contributed by atoms with Gasteiger partial charge in [-0.25, -0.2) is 4.39 Å². The second-order valence-electron chi connectivity index (χ2n) is 7.09. The van der Waals surface area contributed by atoms with E-state index in [1.54, 1.807) is 20.2 Å². The predicted octanol–water partition coefficient (Wildman–Crippen LogP) is 4.05. The number of rotatable bonds is 8. The lowest BCUT2D eigenvalue weighted by molar-refractivity contribution is 0.285. The van der Waals surface area contributed by atoms with Crippen molar-refractivity contribution in [3.63, 3.8) is 0 Å². The Kier molecular flexibility index (Phi) is 6.74. The number of hydrogen-bond donors (Lipinski definition) is 2. The zero-order valence-electron chi connectivity index (χ0n) is 16.7. The van der Waals surface area contributed by atoms with Crippen molar-refractivity contribution in [2.75, 3.05) is 20.8 Å². The molecule has 1 unspecified atom stereocenters. The van der Waals surface area contributed by atoms with Gasteiger partial charge < -0.3 is 20.1 Å². The molecule has 0 aromatic heterocycles. The number of aliphatic imine (C=N–C) groups is 1. The minimum absolute atomic E-state index is 0.108. The Bertz CT molecular complexity index is 821. The van der Waals surface area contributed by atoms with Gasteiger partial charge in [-0.15, -0.1) is 0 Å². The standard InChI is InChI=1S/C22H28FN3O2/c1-15(18-9-10-21(20(23)12-18)28-14-16-7-8-16)26-22(24-2)25-13-17-5-4-6-19(11-17)27-3/h4-6,9-12,15-16H,7-8,13-14H2,1-3H3,(H2,24,25,26). The van der Waals surface area contributed by atoms with E-state index in [4.69, 9.17) is 9.47 Å². The van der Waals surface area contributed by atoms with E-state index in [2.05, 4.69) is 15.6 Å². The van der Waals surface area contributed by atoms with Crippen LogP contribution in [0.4, 0.5) is 4.39 Å². The molecule has 0 bridgehead atoms. The highest BCUT2D eigenvalue weighted by molar-refractivity contribution is 5.80. The third-order valence-corrected chi connectivity index (χ3v) is 4.80. The van der Waals surface area contributed by atoms with Crippen LogP contribution >= 0.6 is 0 Å². The Morgan fingerprint density at radius 2 is 2.07 bits per heavy atom. The lowest BCUT2D eigenvalue weighted by Gasteiger charge is -2.19. The summed E-state index contributed by atoms with van der Waals surface area (Å²) < 4.78 is 25.1. The topological polar surface area (TPSA) is 54.9 Å². The van der Waals surface area contributed by atoms with E-state index >= 15 is 0 Å². The summed E-state index contributed by atoms with van der Waals surface area (Å²) >= 11 is 0. The Labute approximate surface area is 166 Å². The first kappa shape index (κ1) is 20.0. The summed E-state index contributed by atoms with van der Waals surface area (Å²) in [4.78, 5) is 4.25. The fourth-order valence-electron chi connectivity index (χ4n) is 2.85. The van der Waals surface area contributed by atoms with E-state index in [1.165, 1.54) is 18.9 Å². The summed E-state index contributed by atoms with van der Waals surface area (Å²) in [5.74, 6) is 2.05. The van der Waals surface area contributed by atoms with E-state index in [9.17, 15) is 4.39 Å². The number of methoxy groups -OCH3 is 1. The molecule has 5 nitrogen and oxygen atoms in total. The molecule has 3 rings (SSSR count). The van der Waals surface area contributed by atoms with Crippen LogP contribution in [-0.2, 0) is 6.54 Å². The van der Waals surface area contributed by atoms with Gasteiger partial charge in [0, 0.05) is 13.6 Å². The minimum atomic E-state index is -0.328. The van der Waals surface area contributed by atoms with Crippen molar-refractivity contribution in [2.45, 2.75) is 32.4 Å². The number of benzene rings is 2. The van der Waals surface area contributed by atoms with Crippen LogP contribution in [0.2, 0.25) is 0 Å². The van der Waals surface area contributed by atoms with Gasteiger partial charge in [0.1, 0.15) is 5.75 Å². The molecule has 0 spiro atoms. The molecular weight excluding hydrogens is 357 g/mol. The van der Waals surface area contributed by atoms with Gasteiger partial charge in [-0.1, -0.05) is 18.2 Å². The van der Waals surface area contributed by atoms with E-state index in [0.29, 0.717) is 30.8 Å². The summed E-state index contributed by atoms with van der Waals surface area (Å²) in [5, 5.41) is 6.56. The highest BCUT2D eigenvalue weighted by Gasteiger charge is 2.22. The Morgan fingerprint density at radius 3 is 2.75 bits per heavy atom. The summed E-state index contributed by atoms with van der Waals surface area (Å²) in [6.07, 6.45) is 2.37. The molecule has 2 aromatic carbocycles. The lowest BCUT2D eigenvalue weighted by Crippen LogP contribution is -2.38. The van der Waals surface area contributed by atoms with Gasteiger partial charge in [0.15, 0.2) is 17.5 Å². The van der Waals surface area contributed by atoms with E-state index in [0.717, 1.165) is 16.9 Å². The van der Waals surface area contributed by atoms with E-state index in [1.807, 2.05) is 37.3 Å². The fourth-order valence-corrected chi connectivity index (χ4v) is 2.85. The van der Waals surface area contributed by atoms with Crippen LogP contribution in [0.1, 0.15) is 36.9 Å². The largest absolute Gasteiger partial charge is 0.497 e. The Morgan fingerprint density at radius 1 is 1.25 bits per heavy atom.